The Labute approximate surface area is 143 Å². The Morgan fingerprint density at radius 1 is 1.33 bits per heavy atom. The fraction of sp³-hybridized carbons (Fsp3) is 0.235. The van der Waals surface area contributed by atoms with Gasteiger partial charge in [-0.25, -0.2) is 9.37 Å². The van der Waals surface area contributed by atoms with Gasteiger partial charge in [0.1, 0.15) is 10.7 Å². The molecule has 0 saturated carbocycles. The van der Waals surface area contributed by atoms with Crippen LogP contribution < -0.4 is 5.32 Å². The van der Waals surface area contributed by atoms with E-state index in [4.69, 9.17) is 0 Å². The fourth-order valence-electron chi connectivity index (χ4n) is 2.31. The number of aryl methyl sites for hydroxylation is 1. The van der Waals surface area contributed by atoms with Crippen molar-refractivity contribution in [2.45, 2.75) is 19.9 Å². The third-order valence-corrected chi connectivity index (χ3v) is 4.66. The summed E-state index contributed by atoms with van der Waals surface area (Å²) in [5.74, 6) is -0.381. The van der Waals surface area contributed by atoms with Crippen molar-refractivity contribution in [3.8, 4) is 0 Å². The largest absolute Gasteiger partial charge is 0.349 e. The Kier molecular flexibility index (Phi) is 5.00. The third kappa shape index (κ3) is 4.05. The number of amides is 1. The first-order valence-electron chi connectivity index (χ1n) is 7.58. The van der Waals surface area contributed by atoms with E-state index in [9.17, 15) is 9.18 Å². The first-order chi connectivity index (χ1) is 11.6. The molecule has 3 aromatic rings. The number of hydrogen-bond acceptors (Lipinski definition) is 4. The summed E-state index contributed by atoms with van der Waals surface area (Å²) in [6, 6.07) is 8.17. The molecule has 24 heavy (non-hydrogen) atoms. The predicted molar refractivity (Wildman–Crippen MR) is 90.6 cm³/mol. The predicted octanol–water partition coefficient (Wildman–Crippen LogP) is 2.81. The highest BCUT2D eigenvalue weighted by atomic mass is 32.1. The summed E-state index contributed by atoms with van der Waals surface area (Å²) in [7, 11) is 0. The zero-order chi connectivity index (χ0) is 16.9. The van der Waals surface area contributed by atoms with Crippen LogP contribution in [0.25, 0.3) is 0 Å². The van der Waals surface area contributed by atoms with Crippen molar-refractivity contribution in [2.75, 3.05) is 6.54 Å². The van der Waals surface area contributed by atoms with Crippen molar-refractivity contribution in [1.29, 1.82) is 0 Å². The molecule has 0 radical (unpaired) electrons. The van der Waals surface area contributed by atoms with Gasteiger partial charge < -0.3 is 5.32 Å². The Morgan fingerprint density at radius 2 is 2.12 bits per heavy atom. The molecule has 7 heteroatoms. The van der Waals surface area contributed by atoms with Crippen LogP contribution in [-0.2, 0) is 13.0 Å². The summed E-state index contributed by atoms with van der Waals surface area (Å²) in [6.45, 7) is 2.96. The van der Waals surface area contributed by atoms with Crippen molar-refractivity contribution in [3.63, 3.8) is 0 Å². The van der Waals surface area contributed by atoms with E-state index >= 15 is 0 Å². The van der Waals surface area contributed by atoms with Gasteiger partial charge in [-0.2, -0.15) is 5.10 Å². The maximum atomic E-state index is 12.9. The molecule has 5 nitrogen and oxygen atoms in total. The first-order valence-corrected chi connectivity index (χ1v) is 8.40. The molecular formula is C17H17FN4OS. The number of carbonyl (C=O) groups excluding carboxylic acids is 1. The van der Waals surface area contributed by atoms with E-state index in [-0.39, 0.29) is 11.7 Å². The van der Waals surface area contributed by atoms with E-state index < -0.39 is 0 Å². The van der Waals surface area contributed by atoms with Crippen LogP contribution in [0.4, 0.5) is 4.39 Å². The monoisotopic (exact) mass is 344 g/mol. The van der Waals surface area contributed by atoms with Crippen LogP contribution in [0.2, 0.25) is 0 Å². The summed E-state index contributed by atoms with van der Waals surface area (Å²) in [5, 5.41) is 7.82. The van der Waals surface area contributed by atoms with Crippen molar-refractivity contribution < 1.29 is 9.18 Å². The van der Waals surface area contributed by atoms with E-state index in [1.54, 1.807) is 23.0 Å². The third-order valence-electron chi connectivity index (χ3n) is 3.50. The number of nitrogens with one attached hydrogen (secondary N) is 1. The Hall–Kier alpha value is -2.54. The minimum Gasteiger partial charge on any atom is -0.349 e. The molecule has 2 heterocycles. The number of thiazole rings is 1. The Morgan fingerprint density at radius 3 is 2.83 bits per heavy atom. The number of benzene rings is 1. The molecule has 1 amide bonds. The molecule has 124 valence electrons. The van der Waals surface area contributed by atoms with Gasteiger partial charge in [-0.1, -0.05) is 12.1 Å². The minimum atomic E-state index is -0.258. The first kappa shape index (κ1) is 16.3. The Bertz CT molecular complexity index is 812. The van der Waals surface area contributed by atoms with Gasteiger partial charge in [0.05, 0.1) is 17.2 Å². The number of hydrogen-bond donors (Lipinski definition) is 1. The molecule has 0 aliphatic heterocycles. The van der Waals surface area contributed by atoms with Crippen LogP contribution in [0, 0.1) is 12.7 Å². The van der Waals surface area contributed by atoms with E-state index in [1.165, 1.54) is 23.5 Å². The number of nitrogens with zero attached hydrogens (tertiary/aromatic N) is 3. The van der Waals surface area contributed by atoms with Gasteiger partial charge >= 0.3 is 0 Å². The lowest BCUT2D eigenvalue weighted by Crippen LogP contribution is -2.27. The van der Waals surface area contributed by atoms with E-state index in [1.807, 2.05) is 19.2 Å². The fourth-order valence-corrected chi connectivity index (χ4v) is 3.33. The van der Waals surface area contributed by atoms with Crippen molar-refractivity contribution in [2.24, 2.45) is 0 Å². The zero-order valence-electron chi connectivity index (χ0n) is 13.2. The van der Waals surface area contributed by atoms with Gasteiger partial charge in [0, 0.05) is 25.4 Å². The highest BCUT2D eigenvalue weighted by Crippen LogP contribution is 2.21. The summed E-state index contributed by atoms with van der Waals surface area (Å²) < 4.78 is 14.7. The lowest BCUT2D eigenvalue weighted by Gasteiger charge is -2.04. The molecule has 0 saturated heterocycles. The lowest BCUT2D eigenvalue weighted by atomic mass is 10.1. The molecule has 0 aliphatic carbocycles. The smallest absolute Gasteiger partial charge is 0.263 e. The molecule has 1 N–H and O–H groups in total. The van der Waals surface area contributed by atoms with Gasteiger partial charge in [-0.3, -0.25) is 9.48 Å². The van der Waals surface area contributed by atoms with Crippen LogP contribution in [0.5, 0.6) is 0 Å². The van der Waals surface area contributed by atoms with Crippen LogP contribution in [0.15, 0.2) is 42.7 Å². The molecule has 0 atom stereocenters. The molecule has 0 spiro atoms. The average molecular weight is 344 g/mol. The van der Waals surface area contributed by atoms with Crippen LogP contribution in [0.1, 0.15) is 25.9 Å². The number of carbonyl (C=O) groups is 1. The maximum absolute atomic E-state index is 12.9. The highest BCUT2D eigenvalue weighted by Gasteiger charge is 2.15. The average Bonchev–Trinajstić information content (AvgIpc) is 3.19. The molecular weight excluding hydrogens is 327 g/mol. The zero-order valence-corrected chi connectivity index (χ0v) is 14.0. The molecule has 0 fully saturated rings. The summed E-state index contributed by atoms with van der Waals surface area (Å²) >= 11 is 1.38. The van der Waals surface area contributed by atoms with E-state index in [0.717, 1.165) is 10.6 Å². The number of rotatable bonds is 6. The molecule has 0 bridgehead atoms. The van der Waals surface area contributed by atoms with Gasteiger partial charge in [-0.05, 0) is 30.7 Å². The van der Waals surface area contributed by atoms with E-state index in [0.29, 0.717) is 30.1 Å². The minimum absolute atomic E-state index is 0.123. The van der Waals surface area contributed by atoms with Crippen molar-refractivity contribution in [1.82, 2.24) is 20.1 Å². The highest BCUT2D eigenvalue weighted by molar-refractivity contribution is 7.13. The second-order valence-corrected chi connectivity index (χ2v) is 6.43. The van der Waals surface area contributed by atoms with Crippen LogP contribution >= 0.6 is 11.3 Å². The second-order valence-electron chi connectivity index (χ2n) is 5.35. The molecule has 3 rings (SSSR count). The van der Waals surface area contributed by atoms with Crippen LogP contribution in [0.3, 0.4) is 0 Å². The molecule has 2 aromatic heterocycles. The topological polar surface area (TPSA) is 59.8 Å². The second kappa shape index (κ2) is 7.35. The van der Waals surface area contributed by atoms with Gasteiger partial charge in [0.2, 0.25) is 0 Å². The normalized spacial score (nSPS) is 10.8. The van der Waals surface area contributed by atoms with Crippen molar-refractivity contribution in [3.05, 3.63) is 69.7 Å². The van der Waals surface area contributed by atoms with E-state index in [2.05, 4.69) is 15.4 Å². The molecule has 0 unspecified atom stereocenters. The quantitative estimate of drug-likeness (QED) is 0.748. The number of halogens is 1. The number of aromatic nitrogens is 3. The van der Waals surface area contributed by atoms with Gasteiger partial charge in [-0.15, -0.1) is 11.3 Å². The molecule has 1 aromatic carbocycles. The van der Waals surface area contributed by atoms with Crippen molar-refractivity contribution >= 4 is 17.2 Å². The van der Waals surface area contributed by atoms with Crippen LogP contribution in [-0.4, -0.2) is 27.2 Å². The SMILES string of the molecule is Cc1nc(Cc2ccc(F)cc2)sc1C(=O)NCCn1cccn1. The summed E-state index contributed by atoms with van der Waals surface area (Å²) in [5.41, 5.74) is 1.68. The molecule has 0 aliphatic rings. The van der Waals surface area contributed by atoms with Gasteiger partial charge in [0.25, 0.3) is 5.91 Å². The standard InChI is InChI=1S/C17H17FN4OS/c1-12-16(17(23)19-8-10-22-9-2-7-20-22)24-15(21-12)11-13-3-5-14(18)6-4-13/h2-7,9H,8,10-11H2,1H3,(H,19,23). The summed E-state index contributed by atoms with van der Waals surface area (Å²) in [4.78, 5) is 17.4. The summed E-state index contributed by atoms with van der Waals surface area (Å²) in [6.07, 6.45) is 4.15. The lowest BCUT2D eigenvalue weighted by molar-refractivity contribution is 0.0955. The van der Waals surface area contributed by atoms with Gasteiger partial charge in [0.15, 0.2) is 0 Å². The maximum Gasteiger partial charge on any atom is 0.263 e. The Balaban J connectivity index is 1.60.